The molecule has 2 N–H and O–H groups in total. The molecular formula is C5H9Cl5O3. The first-order valence-electron chi connectivity index (χ1n) is 2.67. The van der Waals surface area contributed by atoms with Crippen molar-refractivity contribution in [1.82, 2.24) is 0 Å². The number of alkyl halides is 5. The molecule has 0 aromatic carbocycles. The molecule has 0 bridgehead atoms. The molecule has 3 nitrogen and oxygen atoms in total. The van der Waals surface area contributed by atoms with Gasteiger partial charge in [0.05, 0.1) is 0 Å². The predicted octanol–water partition coefficient (Wildman–Crippen LogP) is 2.86. The molecule has 0 aliphatic carbocycles. The number of aliphatic hydroxyl groups excluding tert-OH is 1. The first-order valence-corrected chi connectivity index (χ1v) is 4.67. The Balaban J connectivity index is -0.000000142. The minimum absolute atomic E-state index is 0.833. The number of halogens is 5. The standard InChI is InChI=1S/C2HCl5.C2H4O2.CH4O/c3-1(4)2(5,6)7;1-2(3)4;1-2/h1H;1H3,(H,3,4);2H,1H3. The van der Waals surface area contributed by atoms with Gasteiger partial charge in [0.1, 0.15) is 0 Å². The molecule has 0 aromatic rings. The number of rotatable bonds is 0. The number of hydrogen-bond acceptors (Lipinski definition) is 2. The van der Waals surface area contributed by atoms with Crippen LogP contribution >= 0.6 is 58.0 Å². The lowest BCUT2D eigenvalue weighted by Crippen LogP contribution is -2.11. The van der Waals surface area contributed by atoms with Gasteiger partial charge in [-0.25, -0.2) is 0 Å². The van der Waals surface area contributed by atoms with E-state index in [1.165, 1.54) is 0 Å². The molecule has 0 saturated heterocycles. The van der Waals surface area contributed by atoms with Crippen LogP contribution in [0.1, 0.15) is 6.92 Å². The molecule has 82 valence electrons. The molecule has 0 aromatic heterocycles. The van der Waals surface area contributed by atoms with Crippen molar-refractivity contribution in [3.8, 4) is 0 Å². The minimum Gasteiger partial charge on any atom is -0.481 e. The van der Waals surface area contributed by atoms with Crippen molar-refractivity contribution in [1.29, 1.82) is 0 Å². The number of carboxylic acid groups (broad SMARTS) is 1. The zero-order valence-electron chi connectivity index (χ0n) is 6.77. The van der Waals surface area contributed by atoms with Crippen LogP contribution in [0.25, 0.3) is 0 Å². The summed E-state index contributed by atoms with van der Waals surface area (Å²) in [5, 5.41) is 14.4. The fourth-order valence-electron chi connectivity index (χ4n) is 0. The molecule has 0 unspecified atom stereocenters. The van der Waals surface area contributed by atoms with Gasteiger partial charge in [-0.05, 0) is 0 Å². The maximum atomic E-state index is 9.00. The summed E-state index contributed by atoms with van der Waals surface area (Å²) >= 11 is 25.7. The second-order valence-corrected chi connectivity index (χ2v) is 4.83. The lowest BCUT2D eigenvalue weighted by atomic mass is 10.9. The molecule has 0 atom stereocenters. The Morgan fingerprint density at radius 2 is 1.31 bits per heavy atom. The predicted molar refractivity (Wildman–Crippen MR) is 57.2 cm³/mol. The van der Waals surface area contributed by atoms with Gasteiger partial charge in [-0.3, -0.25) is 4.79 Å². The molecule has 0 spiro atoms. The minimum atomic E-state index is -1.55. The number of carboxylic acids is 1. The zero-order chi connectivity index (χ0) is 11.7. The molecule has 0 amide bonds. The van der Waals surface area contributed by atoms with Gasteiger partial charge in [-0.1, -0.05) is 34.8 Å². The molecule has 0 aliphatic rings. The van der Waals surface area contributed by atoms with E-state index >= 15 is 0 Å². The molecule has 0 rings (SSSR count). The largest absolute Gasteiger partial charge is 0.481 e. The SMILES string of the molecule is CC(=O)O.CO.ClC(Cl)C(Cl)(Cl)Cl. The summed E-state index contributed by atoms with van der Waals surface area (Å²) in [6.45, 7) is 1.08. The number of hydrogen-bond donors (Lipinski definition) is 2. The van der Waals surface area contributed by atoms with Gasteiger partial charge < -0.3 is 10.2 Å². The van der Waals surface area contributed by atoms with Crippen molar-refractivity contribution in [2.24, 2.45) is 0 Å². The van der Waals surface area contributed by atoms with Crippen molar-refractivity contribution in [3.63, 3.8) is 0 Å². The van der Waals surface area contributed by atoms with Crippen LogP contribution < -0.4 is 0 Å². The summed E-state index contributed by atoms with van der Waals surface area (Å²) < 4.78 is -1.55. The third-order valence-electron chi connectivity index (χ3n) is 0.247. The van der Waals surface area contributed by atoms with Gasteiger partial charge in [0.25, 0.3) is 5.97 Å². The second kappa shape index (κ2) is 11.0. The Kier molecular flexibility index (Phi) is 16.4. The van der Waals surface area contributed by atoms with Crippen molar-refractivity contribution in [2.75, 3.05) is 7.11 Å². The smallest absolute Gasteiger partial charge is 0.300 e. The van der Waals surface area contributed by atoms with E-state index in [0.717, 1.165) is 14.0 Å². The summed E-state index contributed by atoms with van der Waals surface area (Å²) in [5.41, 5.74) is 0. The summed E-state index contributed by atoms with van der Waals surface area (Å²) in [5.74, 6) is -0.833. The molecule has 0 radical (unpaired) electrons. The van der Waals surface area contributed by atoms with Crippen LogP contribution in [0.4, 0.5) is 0 Å². The van der Waals surface area contributed by atoms with Crippen molar-refractivity contribution < 1.29 is 15.0 Å². The van der Waals surface area contributed by atoms with Crippen LogP contribution in [-0.2, 0) is 4.79 Å². The van der Waals surface area contributed by atoms with Gasteiger partial charge in [-0.2, -0.15) is 0 Å². The average Bonchev–Trinajstić information content (AvgIpc) is 1.88. The molecule has 0 aliphatic heterocycles. The third-order valence-corrected chi connectivity index (χ3v) is 2.23. The van der Waals surface area contributed by atoms with E-state index in [-0.39, 0.29) is 0 Å². The molecular weight excluding hydrogens is 285 g/mol. The van der Waals surface area contributed by atoms with Gasteiger partial charge >= 0.3 is 0 Å². The summed E-state index contributed by atoms with van der Waals surface area (Å²) in [7, 11) is 1.00. The normalized spacial score (nSPS) is 9.31. The van der Waals surface area contributed by atoms with E-state index in [2.05, 4.69) is 0 Å². The number of carbonyl (C=O) groups is 1. The molecule has 8 heteroatoms. The van der Waals surface area contributed by atoms with Crippen LogP contribution in [0.15, 0.2) is 0 Å². The van der Waals surface area contributed by atoms with E-state index in [0.29, 0.717) is 0 Å². The Labute approximate surface area is 101 Å². The second-order valence-electron chi connectivity index (χ2n) is 1.36. The Bertz CT molecular complexity index is 118. The van der Waals surface area contributed by atoms with Crippen LogP contribution in [0, 0.1) is 0 Å². The highest BCUT2D eigenvalue weighted by molar-refractivity contribution is 6.73. The zero-order valence-corrected chi connectivity index (χ0v) is 10.5. The quantitative estimate of drug-likeness (QED) is 0.675. The summed E-state index contributed by atoms with van der Waals surface area (Å²) in [4.78, 5) is 8.04. The fraction of sp³-hybridized carbons (Fsp3) is 0.800. The van der Waals surface area contributed by atoms with E-state index in [1.54, 1.807) is 0 Å². The van der Waals surface area contributed by atoms with Crippen LogP contribution in [0.3, 0.4) is 0 Å². The van der Waals surface area contributed by atoms with E-state index in [1.807, 2.05) is 0 Å². The van der Waals surface area contributed by atoms with Gasteiger partial charge in [0, 0.05) is 14.0 Å². The molecule has 0 saturated carbocycles. The van der Waals surface area contributed by atoms with E-state index in [9.17, 15) is 0 Å². The van der Waals surface area contributed by atoms with Crippen molar-refractivity contribution >= 4 is 64.0 Å². The monoisotopic (exact) mass is 292 g/mol. The maximum absolute atomic E-state index is 9.00. The average molecular weight is 294 g/mol. The lowest BCUT2D eigenvalue weighted by molar-refractivity contribution is -0.134. The highest BCUT2D eigenvalue weighted by Gasteiger charge is 2.28. The summed E-state index contributed by atoms with van der Waals surface area (Å²) in [6, 6.07) is 0. The fourth-order valence-corrected chi connectivity index (χ4v) is 0. The first kappa shape index (κ1) is 19.5. The topological polar surface area (TPSA) is 57.5 Å². The van der Waals surface area contributed by atoms with Crippen LogP contribution in [0.5, 0.6) is 0 Å². The van der Waals surface area contributed by atoms with Crippen molar-refractivity contribution in [3.05, 3.63) is 0 Å². The van der Waals surface area contributed by atoms with Crippen molar-refractivity contribution in [2.45, 2.75) is 15.6 Å². The first-order chi connectivity index (χ1) is 5.68. The number of aliphatic carboxylic acids is 1. The van der Waals surface area contributed by atoms with Gasteiger partial charge in [0.15, 0.2) is 4.84 Å². The Hall–Kier alpha value is 0.880. The third kappa shape index (κ3) is 32.2. The van der Waals surface area contributed by atoms with Crippen LogP contribution in [0.2, 0.25) is 0 Å². The Morgan fingerprint density at radius 1 is 1.23 bits per heavy atom. The van der Waals surface area contributed by atoms with Gasteiger partial charge in [-0.15, -0.1) is 23.2 Å². The lowest BCUT2D eigenvalue weighted by Gasteiger charge is -2.09. The molecule has 13 heavy (non-hydrogen) atoms. The Morgan fingerprint density at radius 3 is 1.31 bits per heavy atom. The maximum Gasteiger partial charge on any atom is 0.300 e. The van der Waals surface area contributed by atoms with Crippen LogP contribution in [-0.4, -0.2) is 31.9 Å². The van der Waals surface area contributed by atoms with E-state index in [4.69, 9.17) is 73.0 Å². The van der Waals surface area contributed by atoms with E-state index < -0.39 is 14.6 Å². The molecule has 0 fully saturated rings. The van der Waals surface area contributed by atoms with Gasteiger partial charge in [0.2, 0.25) is 3.79 Å². The molecule has 0 heterocycles. The highest BCUT2D eigenvalue weighted by atomic mass is 35.6. The number of aliphatic hydroxyl groups is 1. The summed E-state index contributed by atoms with van der Waals surface area (Å²) in [6.07, 6.45) is 0. The highest BCUT2D eigenvalue weighted by Crippen LogP contribution is 2.35.